The second kappa shape index (κ2) is 10.4. The largest absolute Gasteiger partial charge is 0.493 e. The summed E-state index contributed by atoms with van der Waals surface area (Å²) >= 11 is 0. The van der Waals surface area contributed by atoms with Crippen LogP contribution in [0.5, 0.6) is 11.5 Å². The lowest BCUT2D eigenvalue weighted by Gasteiger charge is -2.32. The molecule has 1 atom stereocenters. The predicted octanol–water partition coefficient (Wildman–Crippen LogP) is 3.67. The van der Waals surface area contributed by atoms with Gasteiger partial charge in [-0.15, -0.1) is 0 Å². The maximum Gasteiger partial charge on any atom is 0.225 e. The number of para-hydroxylation sites is 1. The number of aromatic amines is 1. The van der Waals surface area contributed by atoms with Gasteiger partial charge in [-0.05, 0) is 48.6 Å². The number of aryl methyl sites for hydroxylation is 1. The molecule has 3 aromatic rings. The van der Waals surface area contributed by atoms with Crippen LogP contribution in [0, 0.1) is 5.92 Å². The fourth-order valence-electron chi connectivity index (χ4n) is 4.48. The van der Waals surface area contributed by atoms with Crippen LogP contribution in [0.2, 0.25) is 0 Å². The van der Waals surface area contributed by atoms with E-state index in [1.807, 2.05) is 47.5 Å². The van der Waals surface area contributed by atoms with Crippen LogP contribution in [0.25, 0.3) is 10.9 Å². The summed E-state index contributed by atoms with van der Waals surface area (Å²) in [7, 11) is 3.18. The molecule has 0 bridgehead atoms. The molecule has 174 valence electrons. The van der Waals surface area contributed by atoms with Crippen molar-refractivity contribution in [2.45, 2.75) is 32.2 Å². The molecular formula is C26H31N3O4. The number of hydrogen-bond acceptors (Lipinski definition) is 4. The van der Waals surface area contributed by atoms with Crippen molar-refractivity contribution >= 4 is 22.7 Å². The number of piperidine rings is 1. The Hall–Kier alpha value is -3.48. The van der Waals surface area contributed by atoms with E-state index in [1.165, 1.54) is 0 Å². The highest BCUT2D eigenvalue weighted by Gasteiger charge is 2.28. The minimum absolute atomic E-state index is 0.0149. The topological polar surface area (TPSA) is 83.7 Å². The summed E-state index contributed by atoms with van der Waals surface area (Å²) in [6.45, 7) is 1.60. The number of amides is 2. The number of ether oxygens (including phenoxy) is 2. The van der Waals surface area contributed by atoms with Gasteiger partial charge in [0.15, 0.2) is 11.5 Å². The fourth-order valence-corrected chi connectivity index (χ4v) is 4.48. The zero-order valence-corrected chi connectivity index (χ0v) is 19.2. The molecule has 2 aromatic carbocycles. The standard InChI is InChI=1S/C26H31N3O4/c1-32-23-11-9-18(14-24(23)33-2)15-28-26(31)20-6-5-13-29(17-20)25(30)12-10-19-16-27-22-8-4-3-7-21(19)22/h3-4,7-9,11,14,16,20,27H,5-6,10,12-13,15,17H2,1-2H3,(H,28,31)/t20-/m1/s1. The average Bonchev–Trinajstić information content (AvgIpc) is 3.28. The maximum atomic E-state index is 12.9. The first-order valence-corrected chi connectivity index (χ1v) is 11.4. The van der Waals surface area contributed by atoms with Crippen LogP contribution >= 0.6 is 0 Å². The van der Waals surface area contributed by atoms with Crippen molar-refractivity contribution in [2.75, 3.05) is 27.3 Å². The molecule has 0 saturated carbocycles. The van der Waals surface area contributed by atoms with Gasteiger partial charge in [0.2, 0.25) is 11.8 Å². The van der Waals surface area contributed by atoms with Gasteiger partial charge < -0.3 is 24.7 Å². The first-order chi connectivity index (χ1) is 16.1. The van der Waals surface area contributed by atoms with Crippen molar-refractivity contribution in [3.05, 3.63) is 59.8 Å². The summed E-state index contributed by atoms with van der Waals surface area (Å²) in [6, 6.07) is 13.7. The molecule has 0 spiro atoms. The fraction of sp³-hybridized carbons (Fsp3) is 0.385. The predicted molar refractivity (Wildman–Crippen MR) is 127 cm³/mol. The van der Waals surface area contributed by atoms with E-state index >= 15 is 0 Å². The van der Waals surface area contributed by atoms with Crippen molar-refractivity contribution in [3.8, 4) is 11.5 Å². The summed E-state index contributed by atoms with van der Waals surface area (Å²) in [4.78, 5) is 30.8. The molecule has 33 heavy (non-hydrogen) atoms. The van der Waals surface area contributed by atoms with E-state index in [0.29, 0.717) is 44.0 Å². The Bertz CT molecular complexity index is 1120. The quantitative estimate of drug-likeness (QED) is 0.550. The normalized spacial score (nSPS) is 15.9. The molecular weight excluding hydrogens is 418 g/mol. The molecule has 1 aromatic heterocycles. The highest BCUT2D eigenvalue weighted by molar-refractivity contribution is 5.84. The van der Waals surface area contributed by atoms with Crippen LogP contribution in [0.3, 0.4) is 0 Å². The van der Waals surface area contributed by atoms with Crippen molar-refractivity contribution < 1.29 is 19.1 Å². The molecule has 1 aliphatic rings. The molecule has 0 unspecified atom stereocenters. The van der Waals surface area contributed by atoms with Crippen molar-refractivity contribution in [3.63, 3.8) is 0 Å². The van der Waals surface area contributed by atoms with Gasteiger partial charge in [-0.2, -0.15) is 0 Å². The number of likely N-dealkylation sites (tertiary alicyclic amines) is 1. The van der Waals surface area contributed by atoms with Gasteiger partial charge in [-0.1, -0.05) is 24.3 Å². The summed E-state index contributed by atoms with van der Waals surface area (Å²) in [5.74, 6) is 1.20. The summed E-state index contributed by atoms with van der Waals surface area (Å²) < 4.78 is 10.6. The number of aromatic nitrogens is 1. The summed E-state index contributed by atoms with van der Waals surface area (Å²) in [6.07, 6.45) is 4.76. The van der Waals surface area contributed by atoms with Crippen molar-refractivity contribution in [1.82, 2.24) is 15.2 Å². The van der Waals surface area contributed by atoms with Crippen LogP contribution < -0.4 is 14.8 Å². The number of carbonyl (C=O) groups is 2. The Labute approximate surface area is 194 Å². The minimum Gasteiger partial charge on any atom is -0.493 e. The lowest BCUT2D eigenvalue weighted by molar-refractivity contribution is -0.135. The molecule has 1 saturated heterocycles. The number of methoxy groups -OCH3 is 2. The number of carbonyl (C=O) groups excluding carboxylic acids is 2. The number of nitrogens with one attached hydrogen (secondary N) is 2. The Morgan fingerprint density at radius 1 is 1.12 bits per heavy atom. The van der Waals surface area contributed by atoms with Gasteiger partial charge in [0.25, 0.3) is 0 Å². The van der Waals surface area contributed by atoms with Crippen LogP contribution in [-0.4, -0.2) is 49.0 Å². The number of rotatable bonds is 8. The zero-order chi connectivity index (χ0) is 23.2. The number of H-pyrrole nitrogens is 1. The van der Waals surface area contributed by atoms with E-state index < -0.39 is 0 Å². The maximum absolute atomic E-state index is 12.9. The lowest BCUT2D eigenvalue weighted by Crippen LogP contribution is -2.45. The van der Waals surface area contributed by atoms with E-state index in [2.05, 4.69) is 16.4 Å². The Morgan fingerprint density at radius 3 is 2.76 bits per heavy atom. The zero-order valence-electron chi connectivity index (χ0n) is 19.2. The highest BCUT2D eigenvalue weighted by Crippen LogP contribution is 2.27. The number of nitrogens with zero attached hydrogens (tertiary/aromatic N) is 1. The summed E-state index contributed by atoms with van der Waals surface area (Å²) in [5.41, 5.74) is 3.17. The Morgan fingerprint density at radius 2 is 1.94 bits per heavy atom. The third kappa shape index (κ3) is 5.30. The third-order valence-corrected chi connectivity index (χ3v) is 6.34. The van der Waals surface area contributed by atoms with Gasteiger partial charge in [0, 0.05) is 43.2 Å². The number of hydrogen-bond donors (Lipinski definition) is 2. The minimum atomic E-state index is -0.184. The molecule has 4 rings (SSSR count). The van der Waals surface area contributed by atoms with Crippen LogP contribution in [0.15, 0.2) is 48.7 Å². The van der Waals surface area contributed by atoms with Gasteiger partial charge in [-0.3, -0.25) is 9.59 Å². The molecule has 0 radical (unpaired) electrons. The van der Waals surface area contributed by atoms with Crippen molar-refractivity contribution in [2.24, 2.45) is 5.92 Å². The van der Waals surface area contributed by atoms with Gasteiger partial charge in [0.1, 0.15) is 0 Å². The van der Waals surface area contributed by atoms with Crippen LogP contribution in [0.4, 0.5) is 0 Å². The second-order valence-corrected chi connectivity index (χ2v) is 8.45. The molecule has 2 amide bonds. The molecule has 1 aliphatic heterocycles. The van der Waals surface area contributed by atoms with E-state index in [-0.39, 0.29) is 17.7 Å². The first-order valence-electron chi connectivity index (χ1n) is 11.4. The second-order valence-electron chi connectivity index (χ2n) is 8.45. The number of benzene rings is 2. The average molecular weight is 450 g/mol. The summed E-state index contributed by atoms with van der Waals surface area (Å²) in [5, 5.41) is 4.18. The van der Waals surface area contributed by atoms with Gasteiger partial charge in [0.05, 0.1) is 20.1 Å². The monoisotopic (exact) mass is 449 g/mol. The molecule has 0 aliphatic carbocycles. The first kappa shape index (κ1) is 22.7. The molecule has 7 nitrogen and oxygen atoms in total. The van der Waals surface area contributed by atoms with E-state index in [9.17, 15) is 9.59 Å². The smallest absolute Gasteiger partial charge is 0.225 e. The van der Waals surface area contributed by atoms with Gasteiger partial charge in [-0.25, -0.2) is 0 Å². The number of fused-ring (bicyclic) bond motifs is 1. The van der Waals surface area contributed by atoms with E-state index in [4.69, 9.17) is 9.47 Å². The molecule has 2 heterocycles. The van der Waals surface area contributed by atoms with E-state index in [1.54, 1.807) is 14.2 Å². The Balaban J connectivity index is 1.29. The molecule has 7 heteroatoms. The SMILES string of the molecule is COc1ccc(CNC(=O)[C@@H]2CCCN(C(=O)CCc3c[nH]c4ccccc34)C2)cc1OC. The van der Waals surface area contributed by atoms with Crippen molar-refractivity contribution in [1.29, 1.82) is 0 Å². The van der Waals surface area contributed by atoms with E-state index in [0.717, 1.165) is 34.9 Å². The lowest BCUT2D eigenvalue weighted by atomic mass is 9.96. The van der Waals surface area contributed by atoms with Crippen LogP contribution in [0.1, 0.15) is 30.4 Å². The van der Waals surface area contributed by atoms with Gasteiger partial charge >= 0.3 is 0 Å². The molecule has 2 N–H and O–H groups in total. The Kier molecular flexibility index (Phi) is 7.17. The highest BCUT2D eigenvalue weighted by atomic mass is 16.5. The van der Waals surface area contributed by atoms with Crippen LogP contribution in [-0.2, 0) is 22.6 Å². The third-order valence-electron chi connectivity index (χ3n) is 6.34. The molecule has 1 fully saturated rings.